The summed E-state index contributed by atoms with van der Waals surface area (Å²) in [6.07, 6.45) is 2.29. The number of benzene rings is 1. The molecule has 7 nitrogen and oxygen atoms in total. The summed E-state index contributed by atoms with van der Waals surface area (Å²) in [5.74, 6) is 0.967. The van der Waals surface area contributed by atoms with Gasteiger partial charge in [0.25, 0.3) is 5.89 Å². The predicted octanol–water partition coefficient (Wildman–Crippen LogP) is 2.31. The molecule has 1 aliphatic heterocycles. The Morgan fingerprint density at radius 2 is 2.08 bits per heavy atom. The topological polar surface area (TPSA) is 85.5 Å². The van der Waals surface area contributed by atoms with Crippen LogP contribution in [0, 0.1) is 6.92 Å². The highest BCUT2D eigenvalue weighted by Crippen LogP contribution is 2.23. The standard InChI is InChI=1S/C17H23N3O4S/c1-3-14-6-8-16(9-7-14)25(21,22)20-10-4-5-15(11-20)23-12-17-18-13(2)19-24-17/h6-9,15H,3-5,10-12H2,1-2H3. The molecular weight excluding hydrogens is 342 g/mol. The van der Waals surface area contributed by atoms with Gasteiger partial charge in [0.1, 0.15) is 6.61 Å². The van der Waals surface area contributed by atoms with E-state index in [0.717, 1.165) is 24.8 Å². The van der Waals surface area contributed by atoms with Gasteiger partial charge in [-0.3, -0.25) is 0 Å². The summed E-state index contributed by atoms with van der Waals surface area (Å²) < 4.78 is 38.0. The summed E-state index contributed by atoms with van der Waals surface area (Å²) in [4.78, 5) is 4.42. The van der Waals surface area contributed by atoms with Crippen molar-refractivity contribution in [2.45, 2.75) is 50.7 Å². The van der Waals surface area contributed by atoms with Crippen LogP contribution in [-0.2, 0) is 27.8 Å². The van der Waals surface area contributed by atoms with Crippen LogP contribution < -0.4 is 0 Å². The molecule has 2 heterocycles. The van der Waals surface area contributed by atoms with Crippen molar-refractivity contribution < 1.29 is 17.7 Å². The number of nitrogens with zero attached hydrogens (tertiary/aromatic N) is 3. The lowest BCUT2D eigenvalue weighted by molar-refractivity contribution is -0.00296. The lowest BCUT2D eigenvalue weighted by atomic mass is 10.1. The average molecular weight is 365 g/mol. The van der Waals surface area contributed by atoms with E-state index in [9.17, 15) is 8.42 Å². The molecule has 0 saturated carbocycles. The molecule has 1 fully saturated rings. The number of hydrogen-bond donors (Lipinski definition) is 0. The van der Waals surface area contributed by atoms with Crippen LogP contribution in [0.5, 0.6) is 0 Å². The van der Waals surface area contributed by atoms with Gasteiger partial charge in [0, 0.05) is 13.1 Å². The minimum atomic E-state index is -3.50. The molecule has 0 aliphatic carbocycles. The second kappa shape index (κ2) is 7.63. The molecule has 1 atom stereocenters. The monoisotopic (exact) mass is 365 g/mol. The first-order valence-corrected chi connectivity index (χ1v) is 9.93. The summed E-state index contributed by atoms with van der Waals surface area (Å²) in [6, 6.07) is 7.09. The first-order valence-electron chi connectivity index (χ1n) is 8.49. The van der Waals surface area contributed by atoms with Crippen molar-refractivity contribution >= 4 is 10.0 Å². The summed E-state index contributed by atoms with van der Waals surface area (Å²) in [5.41, 5.74) is 1.12. The van der Waals surface area contributed by atoms with Crippen molar-refractivity contribution in [1.29, 1.82) is 0 Å². The first-order chi connectivity index (χ1) is 12.0. The zero-order valence-corrected chi connectivity index (χ0v) is 15.3. The molecule has 1 aliphatic rings. The third-order valence-corrected chi connectivity index (χ3v) is 6.20. The van der Waals surface area contributed by atoms with Crippen LogP contribution in [0.1, 0.15) is 37.0 Å². The van der Waals surface area contributed by atoms with Gasteiger partial charge in [-0.25, -0.2) is 8.42 Å². The van der Waals surface area contributed by atoms with Gasteiger partial charge in [0.15, 0.2) is 5.82 Å². The van der Waals surface area contributed by atoms with E-state index in [0.29, 0.717) is 29.7 Å². The van der Waals surface area contributed by atoms with Crippen molar-refractivity contribution in [3.63, 3.8) is 0 Å². The highest BCUT2D eigenvalue weighted by atomic mass is 32.2. The zero-order chi connectivity index (χ0) is 17.9. The van der Waals surface area contributed by atoms with Gasteiger partial charge in [0.2, 0.25) is 10.0 Å². The number of sulfonamides is 1. The molecule has 0 bridgehead atoms. The molecule has 0 radical (unpaired) electrons. The maximum absolute atomic E-state index is 12.8. The minimum Gasteiger partial charge on any atom is -0.367 e. The van der Waals surface area contributed by atoms with Crippen molar-refractivity contribution in [2.75, 3.05) is 13.1 Å². The lowest BCUT2D eigenvalue weighted by Crippen LogP contribution is -2.43. The minimum absolute atomic E-state index is 0.175. The van der Waals surface area contributed by atoms with Gasteiger partial charge in [-0.05, 0) is 43.9 Å². The molecule has 8 heteroatoms. The Kier molecular flexibility index (Phi) is 5.51. The quantitative estimate of drug-likeness (QED) is 0.781. The molecule has 25 heavy (non-hydrogen) atoms. The third-order valence-electron chi connectivity index (χ3n) is 4.32. The van der Waals surface area contributed by atoms with Gasteiger partial charge in [0.05, 0.1) is 11.0 Å². The second-order valence-corrected chi connectivity index (χ2v) is 8.11. The Bertz CT molecular complexity index is 802. The molecule has 1 saturated heterocycles. The van der Waals surface area contributed by atoms with Crippen molar-refractivity contribution in [3.8, 4) is 0 Å². The van der Waals surface area contributed by atoms with E-state index in [1.165, 1.54) is 4.31 Å². The number of hydrogen-bond acceptors (Lipinski definition) is 6. The van der Waals surface area contributed by atoms with Crippen molar-refractivity contribution in [3.05, 3.63) is 41.5 Å². The Hall–Kier alpha value is -1.77. The van der Waals surface area contributed by atoms with E-state index < -0.39 is 10.0 Å². The molecule has 3 rings (SSSR count). The first kappa shape index (κ1) is 18.0. The molecule has 136 valence electrons. The van der Waals surface area contributed by atoms with Crippen LogP contribution in [0.25, 0.3) is 0 Å². The maximum Gasteiger partial charge on any atom is 0.252 e. The molecule has 1 aromatic carbocycles. The summed E-state index contributed by atoms with van der Waals surface area (Å²) in [5, 5.41) is 3.72. The highest BCUT2D eigenvalue weighted by molar-refractivity contribution is 7.89. The van der Waals surface area contributed by atoms with Crippen LogP contribution in [-0.4, -0.2) is 42.1 Å². The summed E-state index contributed by atoms with van der Waals surface area (Å²) in [7, 11) is -3.50. The Morgan fingerprint density at radius 3 is 2.72 bits per heavy atom. The lowest BCUT2D eigenvalue weighted by Gasteiger charge is -2.31. The van der Waals surface area contributed by atoms with Crippen molar-refractivity contribution in [1.82, 2.24) is 14.4 Å². The van der Waals surface area contributed by atoms with Crippen LogP contribution in [0.3, 0.4) is 0 Å². The number of ether oxygens (including phenoxy) is 1. The van der Waals surface area contributed by atoms with Gasteiger partial charge < -0.3 is 9.26 Å². The Balaban J connectivity index is 1.64. The van der Waals surface area contributed by atoms with Gasteiger partial charge in [-0.15, -0.1) is 0 Å². The SMILES string of the molecule is CCc1ccc(S(=O)(=O)N2CCCC(OCc3nc(C)no3)C2)cc1. The molecule has 2 aromatic rings. The molecule has 0 N–H and O–H groups in total. The fourth-order valence-corrected chi connectivity index (χ4v) is 4.40. The van der Waals surface area contributed by atoms with E-state index in [1.807, 2.05) is 19.1 Å². The Morgan fingerprint density at radius 1 is 1.32 bits per heavy atom. The zero-order valence-electron chi connectivity index (χ0n) is 14.5. The molecule has 0 spiro atoms. The smallest absolute Gasteiger partial charge is 0.252 e. The normalized spacial score (nSPS) is 19.2. The largest absolute Gasteiger partial charge is 0.367 e. The van der Waals surface area contributed by atoms with Gasteiger partial charge >= 0.3 is 0 Å². The number of aryl methyl sites for hydroxylation is 2. The number of rotatable bonds is 6. The molecule has 0 amide bonds. The molecule has 1 unspecified atom stereocenters. The van der Waals surface area contributed by atoms with Crippen LogP contribution in [0.4, 0.5) is 0 Å². The number of aromatic nitrogens is 2. The van der Waals surface area contributed by atoms with Crippen LogP contribution in [0.15, 0.2) is 33.7 Å². The highest BCUT2D eigenvalue weighted by Gasteiger charge is 2.30. The van der Waals surface area contributed by atoms with E-state index >= 15 is 0 Å². The fourth-order valence-electron chi connectivity index (χ4n) is 2.89. The van der Waals surface area contributed by atoms with E-state index in [2.05, 4.69) is 10.1 Å². The van der Waals surface area contributed by atoms with E-state index in [1.54, 1.807) is 19.1 Å². The predicted molar refractivity (Wildman–Crippen MR) is 91.4 cm³/mol. The van der Waals surface area contributed by atoms with Crippen LogP contribution >= 0.6 is 0 Å². The average Bonchev–Trinajstić information content (AvgIpc) is 3.05. The fraction of sp³-hybridized carbons (Fsp3) is 0.529. The number of piperidine rings is 1. The molecule has 1 aromatic heterocycles. The van der Waals surface area contributed by atoms with Crippen molar-refractivity contribution in [2.24, 2.45) is 0 Å². The van der Waals surface area contributed by atoms with Gasteiger partial charge in [-0.1, -0.05) is 24.2 Å². The third kappa shape index (κ3) is 4.26. The summed E-state index contributed by atoms with van der Waals surface area (Å²) in [6.45, 7) is 4.83. The maximum atomic E-state index is 12.8. The van der Waals surface area contributed by atoms with Crippen LogP contribution in [0.2, 0.25) is 0 Å². The van der Waals surface area contributed by atoms with Gasteiger partial charge in [-0.2, -0.15) is 9.29 Å². The van der Waals surface area contributed by atoms with E-state index in [-0.39, 0.29) is 12.7 Å². The molecular formula is C17H23N3O4S. The second-order valence-electron chi connectivity index (χ2n) is 6.17. The van der Waals surface area contributed by atoms with E-state index in [4.69, 9.17) is 9.26 Å². The summed E-state index contributed by atoms with van der Waals surface area (Å²) >= 11 is 0. The Labute approximate surface area is 148 Å².